The van der Waals surface area contributed by atoms with E-state index >= 15 is 0 Å². The maximum Gasteiger partial charge on any atom is 0.522 e. The summed E-state index contributed by atoms with van der Waals surface area (Å²) < 4.78 is 57.5. The van der Waals surface area contributed by atoms with Crippen molar-refractivity contribution in [1.82, 2.24) is 4.90 Å². The molecule has 1 heterocycles. The van der Waals surface area contributed by atoms with Crippen LogP contribution in [0.25, 0.3) is 0 Å². The minimum atomic E-state index is -5.84. The van der Waals surface area contributed by atoms with Gasteiger partial charge >= 0.3 is 15.6 Å². The van der Waals surface area contributed by atoms with Crippen LogP contribution in [0.1, 0.15) is 12.8 Å². The fourth-order valence-electron chi connectivity index (χ4n) is 0.924. The van der Waals surface area contributed by atoms with E-state index in [-0.39, 0.29) is 0 Å². The molecule has 1 aliphatic heterocycles. The van der Waals surface area contributed by atoms with Gasteiger partial charge in [0.25, 0.3) is 0 Å². The number of hydrogen-bond acceptors (Lipinski definition) is 3. The van der Waals surface area contributed by atoms with Gasteiger partial charge in [0.05, 0.1) is 0 Å². The van der Waals surface area contributed by atoms with Crippen molar-refractivity contribution in [3.05, 3.63) is 12.8 Å². The molecule has 1 fully saturated rings. The molecule has 0 aliphatic carbocycles. The van der Waals surface area contributed by atoms with E-state index in [1.54, 1.807) is 0 Å². The van der Waals surface area contributed by atoms with Crippen LogP contribution in [0.3, 0.4) is 0 Å². The van der Waals surface area contributed by atoms with Gasteiger partial charge in [0.1, 0.15) is 0 Å². The lowest BCUT2D eigenvalue weighted by molar-refractivity contribution is -0.0510. The number of nitrogens with zero attached hydrogens (tertiary/aromatic N) is 1. The molecule has 0 aromatic rings. The van der Waals surface area contributed by atoms with E-state index < -0.39 is 15.6 Å². The largest absolute Gasteiger partial charge is 0.522 e. The van der Waals surface area contributed by atoms with Crippen molar-refractivity contribution in [2.45, 2.75) is 18.3 Å². The molecule has 0 bridgehead atoms. The molecule has 0 spiro atoms. The fraction of sp³-hybridized carbons (Fsp3) is 0.714. The lowest BCUT2D eigenvalue weighted by Gasteiger charge is -2.07. The summed E-state index contributed by atoms with van der Waals surface area (Å²) in [5.41, 5.74) is -5.53. The molecule has 1 saturated heterocycles. The number of likely N-dealkylation sites (tertiary alicyclic amines) is 1. The van der Waals surface area contributed by atoms with Gasteiger partial charge < -0.3 is 4.90 Å². The van der Waals surface area contributed by atoms with E-state index in [0.29, 0.717) is 0 Å². The highest BCUT2D eigenvalue weighted by Gasteiger charge is 2.44. The summed E-state index contributed by atoms with van der Waals surface area (Å²) in [6.45, 7) is 6.12. The van der Waals surface area contributed by atoms with Crippen molar-refractivity contribution in [1.29, 1.82) is 0 Å². The second-order valence-electron chi connectivity index (χ2n) is 2.85. The van der Waals surface area contributed by atoms with Crippen molar-refractivity contribution >= 4 is 10.1 Å². The average Bonchev–Trinajstić information content (AvgIpc) is 2.52. The van der Waals surface area contributed by atoms with E-state index in [4.69, 9.17) is 13.0 Å². The van der Waals surface area contributed by atoms with Crippen molar-refractivity contribution < 1.29 is 26.1 Å². The third-order valence-corrected chi connectivity index (χ3v) is 2.28. The lowest BCUT2D eigenvalue weighted by Crippen LogP contribution is -2.21. The highest BCUT2D eigenvalue weighted by Crippen LogP contribution is 2.20. The van der Waals surface area contributed by atoms with Gasteiger partial charge in [-0.05, 0) is 19.0 Å². The summed E-state index contributed by atoms with van der Waals surface area (Å²) in [5.74, 6) is 0. The Hall–Kier alpha value is -0.760. The quantitative estimate of drug-likeness (QED) is 0.565. The zero-order chi connectivity index (χ0) is 12.1. The summed E-state index contributed by atoms with van der Waals surface area (Å²) in [4.78, 5) is 2.25. The van der Waals surface area contributed by atoms with Crippen LogP contribution in [0.15, 0.2) is 12.8 Å². The van der Waals surface area contributed by atoms with Gasteiger partial charge in [-0.1, -0.05) is 6.58 Å². The van der Waals surface area contributed by atoms with Crippen molar-refractivity contribution in [2.24, 2.45) is 0 Å². The van der Waals surface area contributed by atoms with E-state index in [1.807, 2.05) is 6.20 Å². The third kappa shape index (κ3) is 5.63. The summed E-state index contributed by atoms with van der Waals surface area (Å²) in [7, 11) is -5.84. The number of halogens is 3. The first-order chi connectivity index (χ1) is 6.68. The van der Waals surface area contributed by atoms with Gasteiger partial charge in [-0.15, -0.1) is 0 Å². The molecule has 4 nitrogen and oxygen atoms in total. The van der Waals surface area contributed by atoms with Gasteiger partial charge in [0.2, 0.25) is 0 Å². The second kappa shape index (κ2) is 5.36. The second-order valence-corrected chi connectivity index (χ2v) is 4.26. The van der Waals surface area contributed by atoms with Gasteiger partial charge in [-0.3, -0.25) is 4.55 Å². The number of rotatable bonds is 1. The van der Waals surface area contributed by atoms with E-state index in [1.165, 1.54) is 25.9 Å². The van der Waals surface area contributed by atoms with Gasteiger partial charge in [0, 0.05) is 13.1 Å². The normalized spacial score (nSPS) is 16.9. The molecule has 0 atom stereocenters. The number of alkyl halides is 3. The van der Waals surface area contributed by atoms with Crippen LogP contribution in [-0.4, -0.2) is 36.5 Å². The molecule has 0 radical (unpaired) electrons. The predicted molar refractivity (Wildman–Crippen MR) is 48.6 cm³/mol. The van der Waals surface area contributed by atoms with Crippen molar-refractivity contribution in [3.8, 4) is 0 Å². The average molecular weight is 247 g/mol. The molecule has 0 amide bonds. The lowest BCUT2D eigenvalue weighted by atomic mass is 10.4. The molecule has 8 heteroatoms. The topological polar surface area (TPSA) is 57.6 Å². The molecule has 1 N–H and O–H groups in total. The Morgan fingerprint density at radius 3 is 1.73 bits per heavy atom. The van der Waals surface area contributed by atoms with Gasteiger partial charge in [-0.2, -0.15) is 21.6 Å². The Balaban J connectivity index is 0.000000262. The van der Waals surface area contributed by atoms with Crippen LogP contribution in [-0.2, 0) is 10.1 Å². The van der Waals surface area contributed by atoms with Crippen LogP contribution in [0.2, 0.25) is 0 Å². The van der Waals surface area contributed by atoms with Crippen LogP contribution < -0.4 is 0 Å². The Labute approximate surface area is 86.1 Å². The van der Waals surface area contributed by atoms with E-state index in [0.717, 1.165) is 0 Å². The standard InChI is InChI=1S/C6H11N.CHF3O3S/c1-2-7-5-3-4-6-7;2-1(3,4)8(5,6)7/h2H,1,3-6H2;(H,5,6,7). The molecule has 0 aromatic heterocycles. The minimum absolute atomic E-state index is 1.23. The maximum absolute atomic E-state index is 10.7. The SMILES string of the molecule is C=CN1CCCC1.O=S(=O)(O)C(F)(F)F. The summed E-state index contributed by atoms with van der Waals surface area (Å²) >= 11 is 0. The molecule has 90 valence electrons. The first-order valence-electron chi connectivity index (χ1n) is 4.09. The minimum Gasteiger partial charge on any atom is -0.378 e. The molecule has 1 aliphatic rings. The monoisotopic (exact) mass is 247 g/mol. The highest BCUT2D eigenvalue weighted by molar-refractivity contribution is 7.86. The Kier molecular flexibility index (Phi) is 5.09. The van der Waals surface area contributed by atoms with Crippen LogP contribution in [0, 0.1) is 0 Å². The molecule has 0 aromatic carbocycles. The summed E-state index contributed by atoms with van der Waals surface area (Å²) in [6.07, 6.45) is 4.63. The molecule has 1 rings (SSSR count). The van der Waals surface area contributed by atoms with Gasteiger partial charge in [-0.25, -0.2) is 0 Å². The third-order valence-electron chi connectivity index (χ3n) is 1.69. The zero-order valence-corrected chi connectivity index (χ0v) is 8.68. The van der Waals surface area contributed by atoms with E-state index in [9.17, 15) is 13.2 Å². The first-order valence-corrected chi connectivity index (χ1v) is 5.53. The highest BCUT2D eigenvalue weighted by atomic mass is 32.2. The molecule has 0 unspecified atom stereocenters. The molecule has 0 saturated carbocycles. The molecular weight excluding hydrogens is 235 g/mol. The van der Waals surface area contributed by atoms with E-state index in [2.05, 4.69) is 11.5 Å². The first kappa shape index (κ1) is 14.2. The van der Waals surface area contributed by atoms with Crippen LogP contribution in [0.5, 0.6) is 0 Å². The number of hydrogen-bond donors (Lipinski definition) is 1. The fourth-order valence-corrected chi connectivity index (χ4v) is 0.924. The predicted octanol–water partition coefficient (Wildman–Crippen LogP) is 1.62. The Morgan fingerprint density at radius 1 is 1.27 bits per heavy atom. The Morgan fingerprint density at radius 2 is 1.60 bits per heavy atom. The van der Waals surface area contributed by atoms with Crippen molar-refractivity contribution in [2.75, 3.05) is 13.1 Å². The molecular formula is C7H12F3NO3S. The zero-order valence-electron chi connectivity index (χ0n) is 7.87. The van der Waals surface area contributed by atoms with Crippen LogP contribution >= 0.6 is 0 Å². The van der Waals surface area contributed by atoms with Crippen LogP contribution in [0.4, 0.5) is 13.2 Å². The summed E-state index contributed by atoms with van der Waals surface area (Å²) in [6, 6.07) is 0. The smallest absolute Gasteiger partial charge is 0.378 e. The van der Waals surface area contributed by atoms with Crippen molar-refractivity contribution in [3.63, 3.8) is 0 Å². The maximum atomic E-state index is 10.7. The molecule has 15 heavy (non-hydrogen) atoms. The Bertz CT molecular complexity index is 293. The van der Waals surface area contributed by atoms with Gasteiger partial charge in [0.15, 0.2) is 0 Å². The summed E-state index contributed by atoms with van der Waals surface area (Å²) in [5, 5.41) is 0.